The lowest BCUT2D eigenvalue weighted by Gasteiger charge is -2.15. The van der Waals surface area contributed by atoms with E-state index >= 15 is 0 Å². The maximum absolute atomic E-state index is 11.5. The number of nitrogens with zero attached hydrogens (tertiary/aromatic N) is 2. The third kappa shape index (κ3) is 3.51. The highest BCUT2D eigenvalue weighted by Crippen LogP contribution is 2.29. The molecule has 0 saturated carbocycles. The summed E-state index contributed by atoms with van der Waals surface area (Å²) in [5, 5.41) is 3.37. The molecule has 0 N–H and O–H groups in total. The van der Waals surface area contributed by atoms with Crippen LogP contribution in [0.15, 0.2) is 78.2 Å². The number of aromatic nitrogens is 1. The van der Waals surface area contributed by atoms with Gasteiger partial charge >= 0.3 is 0 Å². The lowest BCUT2D eigenvalue weighted by Crippen LogP contribution is -2.03. The van der Waals surface area contributed by atoms with Gasteiger partial charge in [-0.05, 0) is 47.7 Å². The van der Waals surface area contributed by atoms with Crippen molar-refractivity contribution in [2.45, 2.75) is 19.4 Å². The van der Waals surface area contributed by atoms with Crippen LogP contribution in [0.4, 0.5) is 0 Å². The fraction of sp³-hybridized carbons (Fsp3) is 0.150. The predicted molar refractivity (Wildman–Crippen MR) is 92.3 cm³/mol. The number of benzene rings is 2. The summed E-state index contributed by atoms with van der Waals surface area (Å²) in [4.78, 5) is 15.5. The highest BCUT2D eigenvalue weighted by atomic mass is 16.3. The fourth-order valence-corrected chi connectivity index (χ4v) is 2.73. The third-order valence-electron chi connectivity index (χ3n) is 3.99. The standard InChI is InChI=1S/C20H18N2O/c1-15-6-8-16(9-7-15)14-18-4-2-3-5-19(18)20(22-23)17-10-12-21-13-11-17/h2-13,20H,14H2,1H3. The van der Waals surface area contributed by atoms with Crippen molar-refractivity contribution in [1.29, 1.82) is 0 Å². The summed E-state index contributed by atoms with van der Waals surface area (Å²) in [5.41, 5.74) is 5.41. The molecule has 1 heterocycles. The lowest BCUT2D eigenvalue weighted by molar-refractivity contribution is 0.843. The molecule has 1 aromatic heterocycles. The first kappa shape index (κ1) is 15.1. The van der Waals surface area contributed by atoms with E-state index in [4.69, 9.17) is 0 Å². The number of hydrogen-bond donors (Lipinski definition) is 0. The van der Waals surface area contributed by atoms with Crippen LogP contribution in [0, 0.1) is 11.8 Å². The van der Waals surface area contributed by atoms with Gasteiger partial charge in [0.05, 0.1) is 0 Å². The Morgan fingerprint density at radius 1 is 0.957 bits per heavy atom. The Labute approximate surface area is 136 Å². The van der Waals surface area contributed by atoms with Crippen LogP contribution in [-0.2, 0) is 6.42 Å². The third-order valence-corrected chi connectivity index (χ3v) is 3.99. The van der Waals surface area contributed by atoms with Crippen molar-refractivity contribution in [2.75, 3.05) is 0 Å². The van der Waals surface area contributed by atoms with Crippen LogP contribution in [0.3, 0.4) is 0 Å². The first-order chi connectivity index (χ1) is 11.3. The molecule has 0 aliphatic carbocycles. The molecule has 0 bridgehead atoms. The van der Waals surface area contributed by atoms with Gasteiger partial charge in [-0.3, -0.25) is 4.98 Å². The van der Waals surface area contributed by atoms with Gasteiger partial charge in [0.15, 0.2) is 0 Å². The Morgan fingerprint density at radius 2 is 1.65 bits per heavy atom. The molecule has 0 aliphatic rings. The molecule has 0 aliphatic heterocycles. The van der Waals surface area contributed by atoms with Crippen molar-refractivity contribution in [3.8, 4) is 0 Å². The van der Waals surface area contributed by atoms with Gasteiger partial charge in [-0.25, -0.2) is 0 Å². The number of rotatable bonds is 5. The second-order valence-corrected chi connectivity index (χ2v) is 5.65. The van der Waals surface area contributed by atoms with Crippen molar-refractivity contribution < 1.29 is 0 Å². The quantitative estimate of drug-likeness (QED) is 0.633. The SMILES string of the molecule is Cc1ccc(Cc2ccccc2C(N=O)c2ccncc2)cc1. The molecule has 0 spiro atoms. The Kier molecular flexibility index (Phi) is 4.57. The van der Waals surface area contributed by atoms with Gasteiger partial charge in [-0.15, -0.1) is 4.91 Å². The molecule has 0 fully saturated rings. The van der Waals surface area contributed by atoms with Crippen molar-refractivity contribution >= 4 is 0 Å². The fourth-order valence-electron chi connectivity index (χ4n) is 2.73. The van der Waals surface area contributed by atoms with Crippen LogP contribution < -0.4 is 0 Å². The van der Waals surface area contributed by atoms with E-state index < -0.39 is 6.04 Å². The Hall–Kier alpha value is -2.81. The van der Waals surface area contributed by atoms with E-state index in [1.54, 1.807) is 12.4 Å². The summed E-state index contributed by atoms with van der Waals surface area (Å²) in [5.74, 6) is 0. The largest absolute Gasteiger partial charge is 0.265 e. The summed E-state index contributed by atoms with van der Waals surface area (Å²) in [7, 11) is 0. The van der Waals surface area contributed by atoms with E-state index in [0.717, 1.165) is 23.1 Å². The number of aryl methyl sites for hydroxylation is 1. The molecular weight excluding hydrogens is 284 g/mol. The molecule has 1 unspecified atom stereocenters. The minimum Gasteiger partial charge on any atom is -0.265 e. The smallest absolute Gasteiger partial charge is 0.142 e. The normalized spacial score (nSPS) is 11.9. The Bertz CT molecular complexity index is 782. The zero-order valence-corrected chi connectivity index (χ0v) is 13.0. The van der Waals surface area contributed by atoms with Crippen LogP contribution in [0.2, 0.25) is 0 Å². The van der Waals surface area contributed by atoms with Gasteiger partial charge < -0.3 is 0 Å². The second kappa shape index (κ2) is 6.97. The van der Waals surface area contributed by atoms with Gasteiger partial charge in [-0.1, -0.05) is 59.3 Å². The summed E-state index contributed by atoms with van der Waals surface area (Å²) in [6, 6.07) is 19.7. The van der Waals surface area contributed by atoms with Crippen LogP contribution in [0.1, 0.15) is 33.9 Å². The van der Waals surface area contributed by atoms with Gasteiger partial charge in [0, 0.05) is 12.4 Å². The molecule has 3 rings (SSSR count). The van der Waals surface area contributed by atoms with Crippen molar-refractivity contribution in [2.24, 2.45) is 5.18 Å². The van der Waals surface area contributed by atoms with Gasteiger partial charge in [0.25, 0.3) is 0 Å². The van der Waals surface area contributed by atoms with Crippen LogP contribution in [-0.4, -0.2) is 4.98 Å². The van der Waals surface area contributed by atoms with Crippen molar-refractivity contribution in [1.82, 2.24) is 4.98 Å². The maximum Gasteiger partial charge on any atom is 0.142 e. The molecule has 0 amide bonds. The molecule has 1 atom stereocenters. The average Bonchev–Trinajstić information content (AvgIpc) is 2.60. The molecule has 0 radical (unpaired) electrons. The van der Waals surface area contributed by atoms with Gasteiger partial charge in [-0.2, -0.15) is 0 Å². The molecule has 0 saturated heterocycles. The molecule has 23 heavy (non-hydrogen) atoms. The monoisotopic (exact) mass is 302 g/mol. The second-order valence-electron chi connectivity index (χ2n) is 5.65. The van der Waals surface area contributed by atoms with E-state index in [2.05, 4.69) is 47.4 Å². The molecule has 3 heteroatoms. The highest BCUT2D eigenvalue weighted by Gasteiger charge is 2.17. The summed E-state index contributed by atoms with van der Waals surface area (Å²) in [6.45, 7) is 2.08. The molecular formula is C20H18N2O. The van der Waals surface area contributed by atoms with Crippen LogP contribution >= 0.6 is 0 Å². The van der Waals surface area contributed by atoms with Gasteiger partial charge in [0.1, 0.15) is 6.04 Å². The zero-order valence-electron chi connectivity index (χ0n) is 13.0. The first-order valence-corrected chi connectivity index (χ1v) is 7.63. The molecule has 2 aromatic carbocycles. The predicted octanol–water partition coefficient (Wildman–Crippen LogP) is 4.84. The topological polar surface area (TPSA) is 42.3 Å². The van der Waals surface area contributed by atoms with E-state index in [1.807, 2.05) is 30.3 Å². The highest BCUT2D eigenvalue weighted by molar-refractivity contribution is 5.40. The van der Waals surface area contributed by atoms with Crippen LogP contribution in [0.25, 0.3) is 0 Å². The van der Waals surface area contributed by atoms with Crippen LogP contribution in [0.5, 0.6) is 0 Å². The Morgan fingerprint density at radius 3 is 2.35 bits per heavy atom. The summed E-state index contributed by atoms with van der Waals surface area (Å²) < 4.78 is 0. The zero-order chi connectivity index (χ0) is 16.1. The van der Waals surface area contributed by atoms with Crippen molar-refractivity contribution in [3.05, 3.63) is 106 Å². The summed E-state index contributed by atoms with van der Waals surface area (Å²) >= 11 is 0. The van der Waals surface area contributed by atoms with E-state index in [9.17, 15) is 4.91 Å². The molecule has 114 valence electrons. The number of pyridine rings is 1. The number of hydrogen-bond acceptors (Lipinski definition) is 3. The van der Waals surface area contributed by atoms with E-state index in [0.29, 0.717) is 0 Å². The molecule has 3 nitrogen and oxygen atoms in total. The Balaban J connectivity index is 1.96. The van der Waals surface area contributed by atoms with E-state index in [1.165, 1.54) is 11.1 Å². The van der Waals surface area contributed by atoms with E-state index in [-0.39, 0.29) is 0 Å². The minimum atomic E-state index is -0.500. The lowest BCUT2D eigenvalue weighted by atomic mass is 9.92. The summed E-state index contributed by atoms with van der Waals surface area (Å²) in [6.07, 6.45) is 4.17. The van der Waals surface area contributed by atoms with Crippen molar-refractivity contribution in [3.63, 3.8) is 0 Å². The number of nitroso groups, excluding NO2 is 1. The minimum absolute atomic E-state index is 0.500. The van der Waals surface area contributed by atoms with Gasteiger partial charge in [0.2, 0.25) is 0 Å². The molecule has 3 aromatic rings. The maximum atomic E-state index is 11.5. The first-order valence-electron chi connectivity index (χ1n) is 7.63. The average molecular weight is 302 g/mol.